The topological polar surface area (TPSA) is 113 Å². The highest BCUT2D eigenvalue weighted by atomic mass is 19.1. The Morgan fingerprint density at radius 1 is 1.11 bits per heavy atom. The van der Waals surface area contributed by atoms with Crippen molar-refractivity contribution in [3.8, 4) is 5.75 Å². The first-order valence-electron chi connectivity index (χ1n) is 12.7. The summed E-state index contributed by atoms with van der Waals surface area (Å²) in [5.74, 6) is -3.04. The third-order valence-electron chi connectivity index (χ3n) is 7.50. The number of aryl methyl sites for hydroxylation is 1. The molecule has 0 saturated carbocycles. The smallest absolute Gasteiger partial charge is 0.321 e. The summed E-state index contributed by atoms with van der Waals surface area (Å²) in [4.78, 5) is 40.0. The van der Waals surface area contributed by atoms with Gasteiger partial charge in [0.2, 0.25) is 5.91 Å². The molecule has 0 radical (unpaired) electrons. The van der Waals surface area contributed by atoms with Crippen LogP contribution in [0, 0.1) is 12.8 Å². The second kappa shape index (κ2) is 11.4. The Bertz CT molecular complexity index is 1120. The number of nitrogens with zero attached hydrogens (tertiary/aromatic N) is 2. The predicted molar refractivity (Wildman–Crippen MR) is 136 cm³/mol. The second-order valence-corrected chi connectivity index (χ2v) is 10.1. The van der Waals surface area contributed by atoms with Crippen molar-refractivity contribution < 1.29 is 28.6 Å². The number of benzene rings is 2. The first-order chi connectivity index (χ1) is 17.6. The van der Waals surface area contributed by atoms with Crippen molar-refractivity contribution >= 4 is 17.8 Å². The molecule has 3 N–H and O–H groups in total. The summed E-state index contributed by atoms with van der Waals surface area (Å²) in [5.41, 5.74) is 8.56. The van der Waals surface area contributed by atoms with Crippen LogP contribution in [0.5, 0.6) is 5.75 Å². The second-order valence-electron chi connectivity index (χ2n) is 10.1. The molecule has 2 saturated heterocycles. The molecular formula is C28H34FN3O5. The van der Waals surface area contributed by atoms with Crippen molar-refractivity contribution in [1.29, 1.82) is 0 Å². The lowest BCUT2D eigenvalue weighted by Crippen LogP contribution is -2.49. The molecule has 0 spiro atoms. The molecule has 8 nitrogen and oxygen atoms in total. The van der Waals surface area contributed by atoms with Gasteiger partial charge in [-0.2, -0.15) is 0 Å². The summed E-state index contributed by atoms with van der Waals surface area (Å²) in [6.07, 6.45) is 0.147. The van der Waals surface area contributed by atoms with Gasteiger partial charge in [0.1, 0.15) is 18.0 Å². The molecule has 37 heavy (non-hydrogen) atoms. The minimum atomic E-state index is -1.36. The standard InChI is InChI=1S/C28H34FN3O5/c1-17-3-5-19(6-4-17)15-32-14-12-24(26(32)33)31-13-11-22(23(29)16-31)20-7-9-21(10-8-20)37-28(36)18(2)25(30)27(34)35/h3-10,18,22-25H,11-16,30H2,1-2H3,(H,34,35)/t18-,22+,23-,24-,25+/m1/s1. The summed E-state index contributed by atoms with van der Waals surface area (Å²) in [5, 5.41) is 8.96. The number of nitrogens with two attached hydrogens (primary N) is 1. The highest BCUT2D eigenvalue weighted by molar-refractivity contribution is 5.84. The fourth-order valence-corrected chi connectivity index (χ4v) is 5.07. The van der Waals surface area contributed by atoms with Crippen LogP contribution in [0.1, 0.15) is 42.4 Å². The molecule has 2 aliphatic rings. The Hall–Kier alpha value is -3.30. The van der Waals surface area contributed by atoms with Crippen LogP contribution < -0.4 is 10.5 Å². The normalized spacial score (nSPS) is 24.1. The molecule has 0 aliphatic carbocycles. The predicted octanol–water partition coefficient (Wildman–Crippen LogP) is 2.88. The van der Waals surface area contributed by atoms with Crippen molar-refractivity contribution in [2.24, 2.45) is 11.7 Å². The monoisotopic (exact) mass is 511 g/mol. The molecule has 4 rings (SSSR count). The number of ether oxygens (including phenoxy) is 1. The largest absolute Gasteiger partial charge is 0.480 e. The number of carbonyl (C=O) groups is 3. The van der Waals surface area contributed by atoms with Gasteiger partial charge in [0.05, 0.1) is 12.0 Å². The summed E-state index contributed by atoms with van der Waals surface area (Å²) in [6.45, 7) is 5.49. The van der Waals surface area contributed by atoms with Crippen LogP contribution in [0.3, 0.4) is 0 Å². The number of rotatable bonds is 8. The summed E-state index contributed by atoms with van der Waals surface area (Å²) in [6, 6.07) is 13.1. The molecule has 1 amide bonds. The van der Waals surface area contributed by atoms with E-state index < -0.39 is 30.1 Å². The van der Waals surface area contributed by atoms with E-state index in [4.69, 9.17) is 15.6 Å². The minimum absolute atomic E-state index is 0.0641. The zero-order valence-electron chi connectivity index (χ0n) is 21.2. The van der Waals surface area contributed by atoms with Crippen molar-refractivity contribution in [2.75, 3.05) is 19.6 Å². The van der Waals surface area contributed by atoms with Gasteiger partial charge in [-0.15, -0.1) is 0 Å². The molecule has 0 aromatic heterocycles. The fraction of sp³-hybridized carbons (Fsp3) is 0.464. The van der Waals surface area contributed by atoms with Gasteiger partial charge < -0.3 is 20.5 Å². The maximum atomic E-state index is 15.3. The number of esters is 1. The Labute approximate surface area is 216 Å². The van der Waals surface area contributed by atoms with Crippen molar-refractivity contribution in [2.45, 2.75) is 57.4 Å². The first kappa shape index (κ1) is 26.8. The van der Waals surface area contributed by atoms with Gasteiger partial charge in [0.15, 0.2) is 0 Å². The molecule has 0 bridgehead atoms. The summed E-state index contributed by atoms with van der Waals surface area (Å²) in [7, 11) is 0. The maximum Gasteiger partial charge on any atom is 0.321 e. The fourth-order valence-electron chi connectivity index (χ4n) is 5.07. The molecule has 2 heterocycles. The number of piperidine rings is 1. The van der Waals surface area contributed by atoms with Crippen LogP contribution in [0.15, 0.2) is 48.5 Å². The van der Waals surface area contributed by atoms with Crippen LogP contribution in [-0.2, 0) is 20.9 Å². The lowest BCUT2D eigenvalue weighted by atomic mass is 9.87. The average Bonchev–Trinajstić information content (AvgIpc) is 3.24. The van der Waals surface area contributed by atoms with E-state index in [9.17, 15) is 14.4 Å². The van der Waals surface area contributed by atoms with Crippen molar-refractivity contribution in [3.05, 3.63) is 65.2 Å². The molecule has 9 heteroatoms. The third-order valence-corrected chi connectivity index (χ3v) is 7.50. The molecule has 198 valence electrons. The Morgan fingerprint density at radius 2 is 1.78 bits per heavy atom. The average molecular weight is 512 g/mol. The van der Waals surface area contributed by atoms with E-state index in [2.05, 4.69) is 0 Å². The lowest BCUT2D eigenvalue weighted by Gasteiger charge is -2.37. The number of carboxylic acids is 1. The van der Waals surface area contributed by atoms with E-state index >= 15 is 4.39 Å². The van der Waals surface area contributed by atoms with Crippen LogP contribution in [0.2, 0.25) is 0 Å². The number of alkyl halides is 1. The molecule has 2 aliphatic heterocycles. The Morgan fingerprint density at radius 3 is 2.41 bits per heavy atom. The quantitative estimate of drug-likeness (QED) is 0.414. The molecule has 0 unspecified atom stereocenters. The van der Waals surface area contributed by atoms with Gasteiger partial charge in [-0.05, 0) is 56.5 Å². The van der Waals surface area contributed by atoms with E-state index in [1.54, 1.807) is 24.3 Å². The first-order valence-corrected chi connectivity index (χ1v) is 12.7. The van der Waals surface area contributed by atoms with E-state index in [0.717, 1.165) is 11.1 Å². The third kappa shape index (κ3) is 6.17. The number of hydrogen-bond donors (Lipinski definition) is 2. The van der Waals surface area contributed by atoms with Crippen molar-refractivity contribution in [3.63, 3.8) is 0 Å². The van der Waals surface area contributed by atoms with Crippen LogP contribution in [0.25, 0.3) is 0 Å². The number of halogens is 1. The number of aliphatic carboxylic acids is 1. The summed E-state index contributed by atoms with van der Waals surface area (Å²) < 4.78 is 20.6. The highest BCUT2D eigenvalue weighted by Gasteiger charge is 2.40. The lowest BCUT2D eigenvalue weighted by molar-refractivity contribution is -0.147. The van der Waals surface area contributed by atoms with Gasteiger partial charge in [-0.25, -0.2) is 4.39 Å². The number of carboxylic acid groups (broad SMARTS) is 1. The van der Waals surface area contributed by atoms with E-state index in [1.165, 1.54) is 12.5 Å². The highest BCUT2D eigenvalue weighted by Crippen LogP contribution is 2.34. The number of amides is 1. The van der Waals surface area contributed by atoms with E-state index in [1.807, 2.05) is 41.0 Å². The van der Waals surface area contributed by atoms with Gasteiger partial charge in [-0.1, -0.05) is 42.0 Å². The van der Waals surface area contributed by atoms with Gasteiger partial charge in [0, 0.05) is 25.6 Å². The Kier molecular flexibility index (Phi) is 8.24. The van der Waals surface area contributed by atoms with E-state index in [-0.39, 0.29) is 30.2 Å². The number of hydrogen-bond acceptors (Lipinski definition) is 6. The van der Waals surface area contributed by atoms with Crippen LogP contribution >= 0.6 is 0 Å². The van der Waals surface area contributed by atoms with Gasteiger partial charge >= 0.3 is 11.9 Å². The zero-order chi connectivity index (χ0) is 26.7. The van der Waals surface area contributed by atoms with Crippen LogP contribution in [-0.4, -0.2) is 70.6 Å². The summed E-state index contributed by atoms with van der Waals surface area (Å²) >= 11 is 0. The van der Waals surface area contributed by atoms with Crippen LogP contribution in [0.4, 0.5) is 4.39 Å². The molecule has 2 aromatic carbocycles. The van der Waals surface area contributed by atoms with Gasteiger partial charge in [-0.3, -0.25) is 19.3 Å². The maximum absolute atomic E-state index is 15.3. The van der Waals surface area contributed by atoms with E-state index in [0.29, 0.717) is 32.5 Å². The SMILES string of the molecule is Cc1ccc(CN2CC[C@@H](N3CC[C@@H](c4ccc(OC(=O)[C@H](C)[C@H](N)C(=O)O)cc4)[C@H](F)C3)C2=O)cc1. The molecular weight excluding hydrogens is 477 g/mol. The molecule has 2 fully saturated rings. The molecule has 2 aromatic rings. The van der Waals surface area contributed by atoms with Gasteiger partial charge in [0.25, 0.3) is 0 Å². The molecule has 5 atom stereocenters. The zero-order valence-corrected chi connectivity index (χ0v) is 21.2. The Balaban J connectivity index is 1.31. The van der Waals surface area contributed by atoms with Crippen molar-refractivity contribution in [1.82, 2.24) is 9.80 Å². The number of carbonyl (C=O) groups excluding carboxylic acids is 2. The number of likely N-dealkylation sites (tertiary alicyclic amines) is 2. The minimum Gasteiger partial charge on any atom is -0.480 e.